The van der Waals surface area contributed by atoms with Gasteiger partial charge in [-0.2, -0.15) is 4.39 Å². The number of hydrogen-bond acceptors (Lipinski definition) is 2. The van der Waals surface area contributed by atoms with Crippen molar-refractivity contribution in [2.45, 2.75) is 78.2 Å². The fourth-order valence-corrected chi connectivity index (χ4v) is 4.86. The third-order valence-electron chi connectivity index (χ3n) is 6.75. The van der Waals surface area contributed by atoms with Gasteiger partial charge in [0.25, 0.3) is 6.43 Å². The van der Waals surface area contributed by atoms with Crippen LogP contribution >= 0.6 is 0 Å². The largest absolute Gasteiger partial charge is 0.491 e. The highest BCUT2D eigenvalue weighted by Crippen LogP contribution is 2.37. The van der Waals surface area contributed by atoms with Crippen LogP contribution in [0.3, 0.4) is 0 Å². The Labute approximate surface area is 198 Å². The summed E-state index contributed by atoms with van der Waals surface area (Å²) in [5, 5.41) is 0. The second kappa shape index (κ2) is 12.4. The molecule has 1 saturated carbocycles. The van der Waals surface area contributed by atoms with Gasteiger partial charge >= 0.3 is 0 Å². The quantitative estimate of drug-likeness (QED) is 0.298. The van der Waals surface area contributed by atoms with Gasteiger partial charge in [0.1, 0.15) is 6.61 Å². The van der Waals surface area contributed by atoms with Crippen molar-refractivity contribution in [2.24, 2.45) is 11.8 Å². The predicted molar refractivity (Wildman–Crippen MR) is 122 cm³/mol. The molecule has 3 rings (SSSR count). The van der Waals surface area contributed by atoms with Crippen LogP contribution in [-0.4, -0.2) is 6.61 Å². The second-order valence-corrected chi connectivity index (χ2v) is 9.04. The highest BCUT2D eigenvalue weighted by atomic mass is 19.3. The van der Waals surface area contributed by atoms with E-state index in [1.807, 2.05) is 0 Å². The van der Waals surface area contributed by atoms with Crippen molar-refractivity contribution >= 4 is 0 Å². The van der Waals surface area contributed by atoms with Crippen LogP contribution in [-0.2, 0) is 13.0 Å². The molecule has 34 heavy (non-hydrogen) atoms. The topological polar surface area (TPSA) is 18.5 Å². The summed E-state index contributed by atoms with van der Waals surface area (Å²) in [5.74, 6) is -2.91. The Morgan fingerprint density at radius 1 is 0.765 bits per heavy atom. The Kier molecular flexibility index (Phi) is 9.60. The molecule has 0 bridgehead atoms. The van der Waals surface area contributed by atoms with Crippen LogP contribution in [0.1, 0.15) is 81.9 Å². The molecule has 0 N–H and O–H groups in total. The molecule has 0 atom stereocenters. The van der Waals surface area contributed by atoms with E-state index in [0.29, 0.717) is 12.3 Å². The first-order chi connectivity index (χ1) is 16.3. The molecule has 1 fully saturated rings. The second-order valence-electron chi connectivity index (χ2n) is 9.04. The van der Waals surface area contributed by atoms with Gasteiger partial charge in [-0.25, -0.2) is 17.6 Å². The van der Waals surface area contributed by atoms with Crippen molar-refractivity contribution in [3.05, 3.63) is 58.4 Å². The average molecular weight is 485 g/mol. The fraction of sp³-hybridized carbons (Fsp3) is 0.556. The molecule has 2 aromatic carbocycles. The van der Waals surface area contributed by atoms with E-state index in [0.717, 1.165) is 25.2 Å². The summed E-state index contributed by atoms with van der Waals surface area (Å²) in [4.78, 5) is 0. The monoisotopic (exact) mass is 484 g/mol. The van der Waals surface area contributed by atoms with Gasteiger partial charge in [0.05, 0.1) is 12.2 Å². The van der Waals surface area contributed by atoms with E-state index in [9.17, 15) is 22.0 Å². The Hall–Kier alpha value is -2.31. The van der Waals surface area contributed by atoms with Crippen LogP contribution in [0.5, 0.6) is 11.5 Å². The van der Waals surface area contributed by atoms with Gasteiger partial charge in [0.2, 0.25) is 5.82 Å². The van der Waals surface area contributed by atoms with Crippen LogP contribution in [0, 0.1) is 29.3 Å². The number of aryl methyl sites for hydroxylation is 1. The number of alkyl halides is 2. The van der Waals surface area contributed by atoms with Gasteiger partial charge in [0.15, 0.2) is 23.1 Å². The normalized spacial score (nSPS) is 18.4. The minimum absolute atomic E-state index is 0.165. The van der Waals surface area contributed by atoms with E-state index in [-0.39, 0.29) is 23.5 Å². The van der Waals surface area contributed by atoms with Gasteiger partial charge in [-0.15, -0.1) is 0 Å². The molecule has 2 aromatic rings. The molecular weight excluding hydrogens is 451 g/mol. The maximum Gasteiger partial charge on any atom is 0.267 e. The molecule has 7 heteroatoms. The summed E-state index contributed by atoms with van der Waals surface area (Å²) in [7, 11) is 0. The molecule has 0 aliphatic heterocycles. The van der Waals surface area contributed by atoms with E-state index in [2.05, 4.69) is 6.92 Å². The molecule has 0 heterocycles. The zero-order valence-electron chi connectivity index (χ0n) is 19.8. The van der Waals surface area contributed by atoms with Crippen molar-refractivity contribution in [2.75, 3.05) is 6.61 Å². The lowest BCUT2D eigenvalue weighted by Gasteiger charge is -2.28. The Morgan fingerprint density at radius 3 is 1.94 bits per heavy atom. The fourth-order valence-electron chi connectivity index (χ4n) is 4.86. The van der Waals surface area contributed by atoms with Crippen molar-refractivity contribution in [3.63, 3.8) is 0 Å². The van der Waals surface area contributed by atoms with E-state index >= 15 is 0 Å². The molecule has 0 amide bonds. The molecule has 1 aliphatic rings. The first-order valence-electron chi connectivity index (χ1n) is 12.2. The molecule has 0 spiro atoms. The van der Waals surface area contributed by atoms with Crippen molar-refractivity contribution in [1.82, 2.24) is 0 Å². The Bertz CT molecular complexity index is 939. The Morgan fingerprint density at radius 2 is 1.35 bits per heavy atom. The van der Waals surface area contributed by atoms with Crippen LogP contribution in [0.15, 0.2) is 24.3 Å². The molecule has 0 radical (unpaired) electrons. The van der Waals surface area contributed by atoms with Gasteiger partial charge in [-0.05, 0) is 55.4 Å². The van der Waals surface area contributed by atoms with Crippen molar-refractivity contribution < 1.29 is 31.4 Å². The highest BCUT2D eigenvalue weighted by molar-refractivity contribution is 5.39. The standard InChI is InChI=1S/C27H33F5O2/c1-3-5-17-6-8-18(9-7-17)10-11-19-12-14-21(25(29)23(19)27(31)32)34-16-20-13-15-22(33-4-2)26(30)24(20)28/h12-15,17-18,27H,3-11,16H2,1-2H3. The molecule has 0 aromatic heterocycles. The lowest BCUT2D eigenvalue weighted by molar-refractivity contribution is 0.143. The minimum atomic E-state index is -3.00. The average Bonchev–Trinajstić information content (AvgIpc) is 2.82. The van der Waals surface area contributed by atoms with Gasteiger partial charge < -0.3 is 9.47 Å². The van der Waals surface area contributed by atoms with Crippen molar-refractivity contribution in [3.8, 4) is 11.5 Å². The molecule has 188 valence electrons. The summed E-state index contributed by atoms with van der Waals surface area (Å²) < 4.78 is 81.0. The van der Waals surface area contributed by atoms with E-state index in [1.165, 1.54) is 49.9 Å². The summed E-state index contributed by atoms with van der Waals surface area (Å²) in [5.41, 5.74) is -0.564. The van der Waals surface area contributed by atoms with Crippen molar-refractivity contribution in [1.29, 1.82) is 0 Å². The number of benzene rings is 2. The van der Waals surface area contributed by atoms with Gasteiger partial charge in [-0.1, -0.05) is 51.5 Å². The third-order valence-corrected chi connectivity index (χ3v) is 6.75. The summed E-state index contributed by atoms with van der Waals surface area (Å²) in [6.07, 6.45) is 5.05. The Balaban J connectivity index is 1.67. The van der Waals surface area contributed by atoms with Gasteiger partial charge in [-0.3, -0.25) is 0 Å². The molecule has 0 unspecified atom stereocenters. The maximum atomic E-state index is 14.9. The molecule has 1 aliphatic carbocycles. The van der Waals surface area contributed by atoms with Crippen LogP contribution in [0.25, 0.3) is 0 Å². The van der Waals surface area contributed by atoms with Crippen LogP contribution < -0.4 is 9.47 Å². The van der Waals surface area contributed by atoms with E-state index in [1.54, 1.807) is 6.92 Å². The predicted octanol–water partition coefficient (Wildman–Crippen LogP) is 8.56. The number of rotatable bonds is 11. The number of hydrogen-bond donors (Lipinski definition) is 0. The maximum absolute atomic E-state index is 14.9. The van der Waals surface area contributed by atoms with Crippen LogP contribution in [0.2, 0.25) is 0 Å². The first-order valence-corrected chi connectivity index (χ1v) is 12.2. The summed E-state index contributed by atoms with van der Waals surface area (Å²) in [6.45, 7) is 3.49. The van der Waals surface area contributed by atoms with Crippen LogP contribution in [0.4, 0.5) is 22.0 Å². The number of ether oxygens (including phenoxy) is 2. The number of halogens is 5. The zero-order valence-corrected chi connectivity index (χ0v) is 19.8. The summed E-state index contributed by atoms with van der Waals surface area (Å²) in [6, 6.07) is 5.26. The highest BCUT2D eigenvalue weighted by Gasteiger charge is 2.25. The lowest BCUT2D eigenvalue weighted by Crippen LogP contribution is -2.15. The van der Waals surface area contributed by atoms with Gasteiger partial charge in [0, 0.05) is 5.56 Å². The SMILES string of the molecule is CCCC1CCC(CCc2ccc(OCc3ccc(OCC)c(F)c3F)c(F)c2C(F)F)CC1. The minimum Gasteiger partial charge on any atom is -0.491 e. The molecule has 2 nitrogen and oxygen atoms in total. The molecular formula is C27H33F5O2. The zero-order chi connectivity index (χ0) is 24.7. The lowest BCUT2D eigenvalue weighted by atomic mass is 9.78. The first kappa shape index (κ1) is 26.3. The molecule has 0 saturated heterocycles. The third kappa shape index (κ3) is 6.42. The van der Waals surface area contributed by atoms with E-state index in [4.69, 9.17) is 9.47 Å². The smallest absolute Gasteiger partial charge is 0.267 e. The summed E-state index contributed by atoms with van der Waals surface area (Å²) >= 11 is 0. The van der Waals surface area contributed by atoms with E-state index < -0.39 is 41.8 Å².